The first-order chi connectivity index (χ1) is 12.6. The molecular weight excluding hydrogens is 368 g/mol. The first kappa shape index (κ1) is 18.4. The molecule has 5 heteroatoms. The molecule has 0 fully saturated rings. The number of aliphatic carboxylic acids is 1. The first-order valence-corrected chi connectivity index (χ1v) is 9.33. The van der Waals surface area contributed by atoms with Crippen molar-refractivity contribution in [1.82, 2.24) is 0 Å². The van der Waals surface area contributed by atoms with Crippen molar-refractivity contribution in [3.8, 4) is 11.5 Å². The smallest absolute Gasteiger partial charge is 0.317 e. The summed E-state index contributed by atoms with van der Waals surface area (Å²) in [6.07, 6.45) is 0.303. The lowest BCUT2D eigenvalue weighted by molar-refractivity contribution is -0.136. The van der Waals surface area contributed by atoms with Crippen LogP contribution in [0.1, 0.15) is 5.56 Å². The van der Waals surface area contributed by atoms with Gasteiger partial charge in [-0.05, 0) is 54.4 Å². The average molecular weight is 385 g/mol. The van der Waals surface area contributed by atoms with Gasteiger partial charge in [-0.3, -0.25) is 4.79 Å². The van der Waals surface area contributed by atoms with E-state index < -0.39 is 11.2 Å². The monoisotopic (exact) mass is 384 g/mol. The fourth-order valence-corrected chi connectivity index (χ4v) is 3.67. The van der Waals surface area contributed by atoms with Gasteiger partial charge in [0.05, 0.1) is 0 Å². The van der Waals surface area contributed by atoms with Gasteiger partial charge in [0.25, 0.3) is 0 Å². The Morgan fingerprint density at radius 2 is 1.65 bits per heavy atom. The molecule has 3 aromatic rings. The summed E-state index contributed by atoms with van der Waals surface area (Å²) in [6.45, 7) is 0. The molecule has 0 aliphatic rings. The van der Waals surface area contributed by atoms with Crippen LogP contribution in [0, 0.1) is 0 Å². The van der Waals surface area contributed by atoms with Crippen molar-refractivity contribution >= 4 is 29.3 Å². The van der Waals surface area contributed by atoms with Gasteiger partial charge in [0.2, 0.25) is 0 Å². The zero-order valence-corrected chi connectivity index (χ0v) is 15.4. The number of hydrogen-bond acceptors (Lipinski definition) is 3. The molecule has 0 bridgehead atoms. The Kier molecular flexibility index (Phi) is 6.21. The lowest BCUT2D eigenvalue weighted by atomic mass is 10.1. The van der Waals surface area contributed by atoms with Crippen LogP contribution in [0.2, 0.25) is 5.02 Å². The molecule has 0 amide bonds. The molecular formula is C21H17ClO3S. The number of rotatable bonds is 7. The van der Waals surface area contributed by atoms with Gasteiger partial charge in [-0.2, -0.15) is 0 Å². The highest BCUT2D eigenvalue weighted by Crippen LogP contribution is 2.32. The topological polar surface area (TPSA) is 46.5 Å². The lowest BCUT2D eigenvalue weighted by Crippen LogP contribution is -2.19. The number of carbonyl (C=O) groups is 1. The fraction of sp³-hybridized carbons (Fsp3) is 0.0952. The van der Waals surface area contributed by atoms with Crippen LogP contribution < -0.4 is 4.74 Å². The second-order valence-corrected chi connectivity index (χ2v) is 7.34. The summed E-state index contributed by atoms with van der Waals surface area (Å²) in [4.78, 5) is 12.7. The molecule has 0 spiro atoms. The highest BCUT2D eigenvalue weighted by atomic mass is 35.5. The first-order valence-electron chi connectivity index (χ1n) is 8.07. The Hall–Kier alpha value is -2.43. The van der Waals surface area contributed by atoms with Gasteiger partial charge >= 0.3 is 5.97 Å². The summed E-state index contributed by atoms with van der Waals surface area (Å²) >= 11 is 7.45. The molecule has 0 heterocycles. The van der Waals surface area contributed by atoms with Crippen molar-refractivity contribution in [1.29, 1.82) is 0 Å². The van der Waals surface area contributed by atoms with Gasteiger partial charge in [-0.1, -0.05) is 48.0 Å². The van der Waals surface area contributed by atoms with Crippen molar-refractivity contribution in [3.05, 3.63) is 89.4 Å². The van der Waals surface area contributed by atoms with Crippen LogP contribution in [-0.4, -0.2) is 16.3 Å². The van der Waals surface area contributed by atoms with Crippen molar-refractivity contribution < 1.29 is 14.6 Å². The molecule has 0 aliphatic heterocycles. The molecule has 1 atom stereocenters. The van der Waals surface area contributed by atoms with E-state index in [9.17, 15) is 9.90 Å². The number of carboxylic acid groups (broad SMARTS) is 1. The van der Waals surface area contributed by atoms with Gasteiger partial charge in [-0.25, -0.2) is 0 Å². The Balaban J connectivity index is 1.84. The molecule has 26 heavy (non-hydrogen) atoms. The Labute approximate surface area is 161 Å². The van der Waals surface area contributed by atoms with Crippen LogP contribution in [0.5, 0.6) is 11.5 Å². The summed E-state index contributed by atoms with van der Waals surface area (Å²) in [7, 11) is 0. The van der Waals surface area contributed by atoms with Crippen molar-refractivity contribution in [2.75, 3.05) is 0 Å². The third-order valence-electron chi connectivity index (χ3n) is 3.70. The van der Waals surface area contributed by atoms with E-state index in [1.165, 1.54) is 11.8 Å². The molecule has 132 valence electrons. The summed E-state index contributed by atoms with van der Waals surface area (Å²) in [6, 6.07) is 24.2. The zero-order valence-electron chi connectivity index (χ0n) is 13.8. The maximum atomic E-state index is 11.8. The van der Waals surface area contributed by atoms with Gasteiger partial charge in [0, 0.05) is 9.92 Å². The van der Waals surface area contributed by atoms with E-state index in [1.54, 1.807) is 18.2 Å². The zero-order chi connectivity index (χ0) is 18.4. The van der Waals surface area contributed by atoms with Crippen molar-refractivity contribution in [2.45, 2.75) is 16.6 Å². The molecule has 1 N–H and O–H groups in total. The molecule has 3 nitrogen and oxygen atoms in total. The SMILES string of the molecule is O=C(O)C(Cc1cc(Cl)ccc1Oc1ccccc1)Sc1ccccc1. The molecule has 0 aromatic heterocycles. The summed E-state index contributed by atoms with van der Waals surface area (Å²) in [5.41, 5.74) is 0.761. The maximum absolute atomic E-state index is 11.8. The molecule has 1 unspecified atom stereocenters. The van der Waals surface area contributed by atoms with Crippen LogP contribution in [-0.2, 0) is 11.2 Å². The number of ether oxygens (including phenoxy) is 1. The van der Waals surface area contributed by atoms with E-state index in [1.807, 2.05) is 60.7 Å². The Bertz CT molecular complexity index is 869. The minimum Gasteiger partial charge on any atom is -0.480 e. The van der Waals surface area contributed by atoms with E-state index >= 15 is 0 Å². The molecule has 0 saturated heterocycles. The second-order valence-electron chi connectivity index (χ2n) is 5.63. The van der Waals surface area contributed by atoms with E-state index in [4.69, 9.17) is 16.3 Å². The second kappa shape index (κ2) is 8.79. The Morgan fingerprint density at radius 1 is 1.00 bits per heavy atom. The van der Waals surface area contributed by atoms with E-state index in [-0.39, 0.29) is 0 Å². The molecule has 0 radical (unpaired) electrons. The molecule has 0 saturated carbocycles. The van der Waals surface area contributed by atoms with E-state index in [0.717, 1.165) is 10.5 Å². The van der Waals surface area contributed by atoms with Crippen LogP contribution in [0.4, 0.5) is 0 Å². The van der Waals surface area contributed by atoms with Gasteiger partial charge in [0.15, 0.2) is 0 Å². The maximum Gasteiger partial charge on any atom is 0.317 e. The van der Waals surface area contributed by atoms with E-state index in [0.29, 0.717) is 22.9 Å². The van der Waals surface area contributed by atoms with Gasteiger partial charge in [-0.15, -0.1) is 11.8 Å². The predicted octanol–water partition coefficient (Wildman–Crippen LogP) is 5.92. The number of thioether (sulfide) groups is 1. The summed E-state index contributed by atoms with van der Waals surface area (Å²) in [5, 5.41) is 9.56. The number of hydrogen-bond donors (Lipinski definition) is 1. The average Bonchev–Trinajstić information content (AvgIpc) is 2.65. The van der Waals surface area contributed by atoms with Crippen LogP contribution in [0.15, 0.2) is 83.8 Å². The third kappa shape index (κ3) is 5.04. The number of para-hydroxylation sites is 1. The molecule has 0 aliphatic carbocycles. The van der Waals surface area contributed by atoms with Crippen molar-refractivity contribution in [2.24, 2.45) is 0 Å². The van der Waals surface area contributed by atoms with Crippen molar-refractivity contribution in [3.63, 3.8) is 0 Å². The highest BCUT2D eigenvalue weighted by molar-refractivity contribution is 8.00. The van der Waals surface area contributed by atoms with Gasteiger partial charge < -0.3 is 9.84 Å². The lowest BCUT2D eigenvalue weighted by Gasteiger charge is -2.16. The quantitative estimate of drug-likeness (QED) is 0.513. The Morgan fingerprint density at radius 3 is 2.31 bits per heavy atom. The van der Waals surface area contributed by atoms with Gasteiger partial charge in [0.1, 0.15) is 16.7 Å². The number of halogens is 1. The summed E-state index contributed by atoms with van der Waals surface area (Å²) in [5.74, 6) is 0.434. The predicted molar refractivity (Wildman–Crippen MR) is 105 cm³/mol. The van der Waals surface area contributed by atoms with Crippen LogP contribution in [0.25, 0.3) is 0 Å². The minimum absolute atomic E-state index is 0.303. The number of carboxylic acids is 1. The third-order valence-corrected chi connectivity index (χ3v) is 5.13. The largest absolute Gasteiger partial charge is 0.480 e. The summed E-state index contributed by atoms with van der Waals surface area (Å²) < 4.78 is 5.93. The van der Waals surface area contributed by atoms with Crippen LogP contribution >= 0.6 is 23.4 Å². The minimum atomic E-state index is -0.871. The van der Waals surface area contributed by atoms with E-state index in [2.05, 4.69) is 0 Å². The normalized spacial score (nSPS) is 11.7. The molecule has 3 aromatic carbocycles. The number of benzene rings is 3. The molecule has 3 rings (SSSR count). The highest BCUT2D eigenvalue weighted by Gasteiger charge is 2.22. The fourth-order valence-electron chi connectivity index (χ4n) is 2.47. The van der Waals surface area contributed by atoms with Crippen LogP contribution in [0.3, 0.4) is 0 Å². The standard InChI is InChI=1S/C21H17ClO3S/c22-16-11-12-19(25-17-7-3-1-4-8-17)15(13-16)14-20(21(23)24)26-18-9-5-2-6-10-18/h1-13,20H,14H2,(H,23,24).